The number of para-hydroxylation sites is 1. The largest absolute Gasteiger partial charge is 0.468 e. The highest BCUT2D eigenvalue weighted by atomic mass is 32.2. The van der Waals surface area contributed by atoms with Crippen LogP contribution in [0.3, 0.4) is 0 Å². The summed E-state index contributed by atoms with van der Waals surface area (Å²) >= 11 is 0. The number of benzene rings is 2. The molecule has 0 spiro atoms. The zero-order chi connectivity index (χ0) is 33.7. The van der Waals surface area contributed by atoms with Crippen LogP contribution in [0.4, 0.5) is 27.9 Å². The lowest BCUT2D eigenvalue weighted by Crippen LogP contribution is -2.48. The van der Waals surface area contributed by atoms with Crippen LogP contribution in [-0.4, -0.2) is 82.1 Å². The number of nitrogens with zero attached hydrogens (tertiary/aromatic N) is 6. The van der Waals surface area contributed by atoms with Gasteiger partial charge in [-0.3, -0.25) is 10.00 Å². The Kier molecular flexibility index (Phi) is 8.42. The molecule has 0 bridgehead atoms. The Morgan fingerprint density at radius 3 is 2.44 bits per heavy atom. The van der Waals surface area contributed by atoms with Crippen LogP contribution in [0.2, 0.25) is 0 Å². The van der Waals surface area contributed by atoms with Crippen molar-refractivity contribution in [1.82, 2.24) is 30.0 Å². The van der Waals surface area contributed by atoms with Gasteiger partial charge in [0.1, 0.15) is 11.6 Å². The number of aromatic amines is 1. The van der Waals surface area contributed by atoms with Crippen molar-refractivity contribution in [3.63, 3.8) is 0 Å². The third-order valence-corrected chi connectivity index (χ3v) is 12.2. The number of hydrogen-bond acceptors (Lipinski definition) is 9. The van der Waals surface area contributed by atoms with E-state index in [0.717, 1.165) is 74.6 Å². The van der Waals surface area contributed by atoms with E-state index in [-0.39, 0.29) is 10.9 Å². The van der Waals surface area contributed by atoms with Gasteiger partial charge in [0.15, 0.2) is 21.7 Å². The van der Waals surface area contributed by atoms with E-state index >= 15 is 0 Å². The maximum absolute atomic E-state index is 13.2. The maximum atomic E-state index is 13.2. The summed E-state index contributed by atoms with van der Waals surface area (Å²) in [5, 5.41) is 10.9. The Labute approximate surface area is 281 Å². The van der Waals surface area contributed by atoms with Crippen molar-refractivity contribution in [1.29, 1.82) is 0 Å². The molecule has 0 radical (unpaired) electrons. The summed E-state index contributed by atoms with van der Waals surface area (Å²) in [6, 6.07) is 11.4. The molecule has 2 fully saturated rings. The van der Waals surface area contributed by atoms with E-state index in [4.69, 9.17) is 14.7 Å². The molecule has 3 aliphatic heterocycles. The fourth-order valence-electron chi connectivity index (χ4n) is 7.23. The molecule has 2 aromatic heterocycles. The molecule has 4 aromatic rings. The number of hydrogen-bond donors (Lipinski definition) is 2. The molecule has 1 unspecified atom stereocenters. The summed E-state index contributed by atoms with van der Waals surface area (Å²) in [4.78, 5) is 29.1. The molecule has 12 nitrogen and oxygen atoms in total. The molecule has 2 aromatic carbocycles. The highest BCUT2D eigenvalue weighted by Gasteiger charge is 2.35. The number of amides is 2. The van der Waals surface area contributed by atoms with Gasteiger partial charge in [-0.1, -0.05) is 12.1 Å². The molecule has 2 amide bonds. The Morgan fingerprint density at radius 1 is 1.00 bits per heavy atom. The van der Waals surface area contributed by atoms with E-state index in [1.807, 2.05) is 28.5 Å². The summed E-state index contributed by atoms with van der Waals surface area (Å²) in [6.07, 6.45) is 4.85. The number of urea groups is 1. The number of rotatable bonds is 6. The van der Waals surface area contributed by atoms with Crippen molar-refractivity contribution >= 4 is 50.0 Å². The van der Waals surface area contributed by atoms with Crippen LogP contribution < -0.4 is 15.0 Å². The first-order chi connectivity index (χ1) is 23.0. The van der Waals surface area contributed by atoms with Crippen molar-refractivity contribution in [2.24, 2.45) is 0 Å². The van der Waals surface area contributed by atoms with Crippen LogP contribution in [0.5, 0.6) is 5.75 Å². The SMILES string of the molecule is Cc1cc2c(cc1C1CCN(C(=O)N3CCCCC3)CC1)OC(C)N2c1nc(Nc2ccccc2S(=O)(=O)C(C)C)c2c(C)[nH]nc2n1. The number of H-pyrrole nitrogens is 1. The van der Waals surface area contributed by atoms with Gasteiger partial charge in [-0.25, -0.2) is 13.2 Å². The van der Waals surface area contributed by atoms with E-state index in [1.54, 1.807) is 38.1 Å². The van der Waals surface area contributed by atoms with Crippen molar-refractivity contribution in [3.05, 3.63) is 53.2 Å². The molecule has 48 heavy (non-hydrogen) atoms. The third kappa shape index (κ3) is 5.71. The van der Waals surface area contributed by atoms with Crippen LogP contribution in [0.25, 0.3) is 11.0 Å². The highest BCUT2D eigenvalue weighted by molar-refractivity contribution is 7.92. The lowest BCUT2D eigenvalue weighted by molar-refractivity contribution is 0.131. The first-order valence-electron chi connectivity index (χ1n) is 17.0. The molecule has 1 atom stereocenters. The quantitative estimate of drug-likeness (QED) is 0.233. The molecule has 0 aliphatic carbocycles. The minimum absolute atomic E-state index is 0.189. The zero-order valence-electron chi connectivity index (χ0n) is 28.3. The number of carbonyl (C=O) groups is 1. The second-order valence-electron chi connectivity index (χ2n) is 13.5. The second-order valence-corrected chi connectivity index (χ2v) is 16.0. The van der Waals surface area contributed by atoms with Gasteiger partial charge in [-0.2, -0.15) is 15.1 Å². The lowest BCUT2D eigenvalue weighted by atomic mass is 9.86. The number of fused-ring (bicyclic) bond motifs is 2. The number of ether oxygens (including phenoxy) is 1. The monoisotopic (exact) mass is 672 g/mol. The normalized spacial score (nSPS) is 18.8. The summed E-state index contributed by atoms with van der Waals surface area (Å²) in [7, 11) is -3.56. The van der Waals surface area contributed by atoms with Crippen molar-refractivity contribution in [2.45, 2.75) is 89.0 Å². The summed E-state index contributed by atoms with van der Waals surface area (Å²) in [5.74, 6) is 1.95. The Hall–Kier alpha value is -4.39. The van der Waals surface area contributed by atoms with E-state index in [9.17, 15) is 13.2 Å². The standard InChI is InChI=1S/C35H44N8O4S/c1-21(2)48(45,46)30-12-8-7-11-27(30)36-32-31-23(4)39-40-33(31)38-34(37-32)43-24(5)47-29-20-26(22(3)19-28(29)43)25-13-17-42(18-14-25)35(44)41-15-9-6-10-16-41/h7-8,11-12,19-21,24-25H,6,9-10,13-18H2,1-5H3,(H2,36,37,38,39,40). The van der Waals surface area contributed by atoms with E-state index in [1.165, 1.54) is 12.0 Å². The Morgan fingerprint density at radius 2 is 1.71 bits per heavy atom. The van der Waals surface area contributed by atoms with Gasteiger partial charge in [0.25, 0.3) is 0 Å². The minimum atomic E-state index is -3.56. The van der Waals surface area contributed by atoms with Crippen LogP contribution >= 0.6 is 0 Å². The average molecular weight is 673 g/mol. The number of carbonyl (C=O) groups excluding carboxylic acids is 1. The van der Waals surface area contributed by atoms with Gasteiger partial charge >= 0.3 is 6.03 Å². The summed E-state index contributed by atoms with van der Waals surface area (Å²) in [6.45, 7) is 12.6. The van der Waals surface area contributed by atoms with Gasteiger partial charge < -0.3 is 19.9 Å². The number of nitrogens with one attached hydrogen (secondary N) is 2. The lowest BCUT2D eigenvalue weighted by Gasteiger charge is -2.37. The predicted molar refractivity (Wildman–Crippen MR) is 186 cm³/mol. The van der Waals surface area contributed by atoms with Crippen LogP contribution in [0.1, 0.15) is 75.6 Å². The van der Waals surface area contributed by atoms with Crippen LogP contribution in [0, 0.1) is 13.8 Å². The number of aryl methyl sites for hydroxylation is 2. The summed E-state index contributed by atoms with van der Waals surface area (Å²) in [5.41, 5.74) is 4.93. The van der Waals surface area contributed by atoms with Crippen LogP contribution in [0.15, 0.2) is 41.3 Å². The third-order valence-electron chi connectivity index (χ3n) is 9.97. The molecule has 3 aliphatic rings. The van der Waals surface area contributed by atoms with Crippen molar-refractivity contribution in [2.75, 3.05) is 36.4 Å². The van der Waals surface area contributed by atoms with Gasteiger partial charge in [0.05, 0.1) is 26.9 Å². The molecule has 0 saturated carbocycles. The Bertz CT molecular complexity index is 1960. The number of piperidine rings is 2. The number of anilines is 4. The minimum Gasteiger partial charge on any atom is -0.468 e. The van der Waals surface area contributed by atoms with Crippen LogP contribution in [-0.2, 0) is 9.84 Å². The van der Waals surface area contributed by atoms with Crippen molar-refractivity contribution in [3.8, 4) is 5.75 Å². The molecule has 13 heteroatoms. The topological polar surface area (TPSA) is 137 Å². The average Bonchev–Trinajstić information content (AvgIpc) is 3.62. The summed E-state index contributed by atoms with van der Waals surface area (Å²) < 4.78 is 32.9. The van der Waals surface area contributed by atoms with Gasteiger partial charge in [-0.15, -0.1) is 0 Å². The molecular formula is C35H44N8O4S. The van der Waals surface area contributed by atoms with Crippen molar-refractivity contribution < 1.29 is 17.9 Å². The molecular weight excluding hydrogens is 629 g/mol. The molecule has 7 rings (SSSR count). The number of sulfone groups is 1. The van der Waals surface area contributed by atoms with Gasteiger partial charge in [0, 0.05) is 31.9 Å². The van der Waals surface area contributed by atoms with E-state index in [0.29, 0.717) is 34.4 Å². The molecule has 254 valence electrons. The van der Waals surface area contributed by atoms with Gasteiger partial charge in [0.2, 0.25) is 5.95 Å². The second kappa shape index (κ2) is 12.6. The fourth-order valence-corrected chi connectivity index (χ4v) is 8.44. The predicted octanol–water partition coefficient (Wildman–Crippen LogP) is 6.56. The fraction of sp³-hybridized carbons (Fsp3) is 0.486. The highest BCUT2D eigenvalue weighted by Crippen LogP contribution is 2.46. The smallest absolute Gasteiger partial charge is 0.319 e. The molecule has 2 saturated heterocycles. The van der Waals surface area contributed by atoms with E-state index in [2.05, 4.69) is 34.6 Å². The molecule has 5 heterocycles. The molecule has 2 N–H and O–H groups in total. The first kappa shape index (κ1) is 32.2. The van der Waals surface area contributed by atoms with E-state index < -0.39 is 21.3 Å². The number of likely N-dealkylation sites (tertiary alicyclic amines) is 2. The number of aromatic nitrogens is 4. The maximum Gasteiger partial charge on any atom is 0.319 e. The first-order valence-corrected chi connectivity index (χ1v) is 18.5. The van der Waals surface area contributed by atoms with Gasteiger partial charge in [-0.05, 0) is 108 Å². The zero-order valence-corrected chi connectivity index (χ0v) is 29.1. The Balaban J connectivity index is 1.17.